The second-order valence-corrected chi connectivity index (χ2v) is 7.28. The van der Waals surface area contributed by atoms with Gasteiger partial charge in [-0.05, 0) is 52.2 Å². The summed E-state index contributed by atoms with van der Waals surface area (Å²) in [5.41, 5.74) is 0.282. The Morgan fingerprint density at radius 2 is 1.71 bits per heavy atom. The monoisotopic (exact) mass is 330 g/mol. The molecule has 3 rings (SSSR count). The second kappa shape index (κ2) is 5.92. The van der Waals surface area contributed by atoms with Crippen LogP contribution in [0.5, 0.6) is 0 Å². The van der Waals surface area contributed by atoms with Gasteiger partial charge >= 0.3 is 6.09 Å². The lowest BCUT2D eigenvalue weighted by Crippen LogP contribution is -2.51. The summed E-state index contributed by atoms with van der Waals surface area (Å²) >= 11 is 0. The molecule has 128 valence electrons. The molecule has 2 aliphatic rings. The molecule has 1 fully saturated rings. The van der Waals surface area contributed by atoms with E-state index in [0.29, 0.717) is 17.5 Å². The number of rotatable bonds is 2. The number of imide groups is 1. The Morgan fingerprint density at radius 1 is 1.12 bits per heavy atom. The normalized spacial score (nSPS) is 23.4. The zero-order chi connectivity index (χ0) is 17.5. The van der Waals surface area contributed by atoms with E-state index in [1.54, 1.807) is 45.0 Å². The molecular formula is C18H22N2O4. The van der Waals surface area contributed by atoms with Gasteiger partial charge in [-0.2, -0.15) is 0 Å². The van der Waals surface area contributed by atoms with Crippen LogP contribution in [0.4, 0.5) is 4.79 Å². The zero-order valence-electron chi connectivity index (χ0n) is 14.2. The van der Waals surface area contributed by atoms with Crippen molar-refractivity contribution in [2.24, 2.45) is 0 Å². The van der Waals surface area contributed by atoms with E-state index in [0.717, 1.165) is 12.8 Å². The van der Waals surface area contributed by atoms with E-state index in [1.807, 2.05) is 0 Å². The SMILES string of the molecule is CC(C)(C)OC(=O)NC1CCCC1N1C(=O)c2ccccc2C1=O. The first-order valence-electron chi connectivity index (χ1n) is 8.24. The van der Waals surface area contributed by atoms with E-state index in [1.165, 1.54) is 4.90 Å². The summed E-state index contributed by atoms with van der Waals surface area (Å²) in [6.45, 7) is 5.38. The molecule has 0 saturated heterocycles. The van der Waals surface area contributed by atoms with Crippen molar-refractivity contribution in [3.8, 4) is 0 Å². The summed E-state index contributed by atoms with van der Waals surface area (Å²) < 4.78 is 5.29. The van der Waals surface area contributed by atoms with Gasteiger partial charge in [0.1, 0.15) is 5.60 Å². The van der Waals surface area contributed by atoms with Crippen molar-refractivity contribution >= 4 is 17.9 Å². The minimum atomic E-state index is -0.590. The van der Waals surface area contributed by atoms with Crippen LogP contribution >= 0.6 is 0 Å². The molecule has 1 N–H and O–H groups in total. The Morgan fingerprint density at radius 3 is 2.25 bits per heavy atom. The second-order valence-electron chi connectivity index (χ2n) is 7.28. The third kappa shape index (κ3) is 3.00. The Balaban J connectivity index is 1.76. The summed E-state index contributed by atoms with van der Waals surface area (Å²) in [6, 6.07) is 6.23. The molecule has 1 aromatic carbocycles. The van der Waals surface area contributed by atoms with Gasteiger partial charge in [-0.3, -0.25) is 14.5 Å². The summed E-state index contributed by atoms with van der Waals surface area (Å²) in [5, 5.41) is 2.82. The molecular weight excluding hydrogens is 308 g/mol. The van der Waals surface area contributed by atoms with Gasteiger partial charge in [0, 0.05) is 0 Å². The van der Waals surface area contributed by atoms with Gasteiger partial charge in [-0.15, -0.1) is 0 Å². The van der Waals surface area contributed by atoms with Gasteiger partial charge < -0.3 is 10.1 Å². The number of nitrogens with one attached hydrogen (secondary N) is 1. The van der Waals surface area contributed by atoms with Crippen molar-refractivity contribution in [2.45, 2.75) is 57.7 Å². The van der Waals surface area contributed by atoms with Gasteiger partial charge in [0.05, 0.1) is 23.2 Å². The number of ether oxygens (including phenoxy) is 1. The van der Waals surface area contributed by atoms with Crippen molar-refractivity contribution in [3.05, 3.63) is 35.4 Å². The van der Waals surface area contributed by atoms with Crippen LogP contribution in [0.2, 0.25) is 0 Å². The van der Waals surface area contributed by atoms with Crippen LogP contribution < -0.4 is 5.32 Å². The predicted molar refractivity (Wildman–Crippen MR) is 87.7 cm³/mol. The van der Waals surface area contributed by atoms with Gasteiger partial charge in [-0.1, -0.05) is 12.1 Å². The van der Waals surface area contributed by atoms with Crippen LogP contribution in [-0.4, -0.2) is 40.5 Å². The van der Waals surface area contributed by atoms with Crippen molar-refractivity contribution in [1.29, 1.82) is 0 Å². The maximum absolute atomic E-state index is 12.6. The number of hydrogen-bond acceptors (Lipinski definition) is 4. The third-order valence-corrected chi connectivity index (χ3v) is 4.34. The Kier molecular flexibility index (Phi) is 4.07. The lowest BCUT2D eigenvalue weighted by Gasteiger charge is -2.29. The Labute approximate surface area is 141 Å². The molecule has 2 unspecified atom stereocenters. The van der Waals surface area contributed by atoms with E-state index in [-0.39, 0.29) is 23.9 Å². The standard InChI is InChI=1S/C18H22N2O4/c1-18(2,3)24-17(23)19-13-9-6-10-14(13)20-15(21)11-7-4-5-8-12(11)16(20)22/h4-5,7-8,13-14H,6,9-10H2,1-3H3,(H,19,23). The van der Waals surface area contributed by atoms with Crippen LogP contribution in [0.25, 0.3) is 0 Å². The van der Waals surface area contributed by atoms with E-state index in [2.05, 4.69) is 5.32 Å². The fraction of sp³-hybridized carbons (Fsp3) is 0.500. The van der Waals surface area contributed by atoms with Crippen molar-refractivity contribution < 1.29 is 19.1 Å². The number of carbonyl (C=O) groups excluding carboxylic acids is 3. The number of fused-ring (bicyclic) bond motifs is 1. The number of nitrogens with zero attached hydrogens (tertiary/aromatic N) is 1. The van der Waals surface area contributed by atoms with Gasteiger partial charge in [0.2, 0.25) is 0 Å². The first-order valence-corrected chi connectivity index (χ1v) is 8.24. The van der Waals surface area contributed by atoms with Crippen molar-refractivity contribution in [1.82, 2.24) is 10.2 Å². The lowest BCUT2D eigenvalue weighted by molar-refractivity contribution is 0.0431. The van der Waals surface area contributed by atoms with Crippen LogP contribution in [0.15, 0.2) is 24.3 Å². The van der Waals surface area contributed by atoms with Crippen molar-refractivity contribution in [3.63, 3.8) is 0 Å². The Hall–Kier alpha value is -2.37. The molecule has 24 heavy (non-hydrogen) atoms. The minimum absolute atomic E-state index is 0.276. The molecule has 0 spiro atoms. The van der Waals surface area contributed by atoms with Crippen LogP contribution in [-0.2, 0) is 4.74 Å². The molecule has 3 amide bonds. The molecule has 6 heteroatoms. The molecule has 1 aromatic rings. The number of benzene rings is 1. The summed E-state index contributed by atoms with van der Waals surface area (Å²) in [7, 11) is 0. The van der Waals surface area contributed by atoms with Crippen molar-refractivity contribution in [2.75, 3.05) is 0 Å². The highest BCUT2D eigenvalue weighted by Crippen LogP contribution is 2.32. The predicted octanol–water partition coefficient (Wildman–Crippen LogP) is 2.73. The van der Waals surface area contributed by atoms with Crippen LogP contribution in [0.1, 0.15) is 60.7 Å². The molecule has 1 aliphatic heterocycles. The first kappa shape index (κ1) is 16.5. The van der Waals surface area contributed by atoms with Gasteiger partial charge in [0.15, 0.2) is 0 Å². The first-order chi connectivity index (χ1) is 11.3. The fourth-order valence-corrected chi connectivity index (χ4v) is 3.39. The van der Waals surface area contributed by atoms with E-state index < -0.39 is 11.7 Å². The van der Waals surface area contributed by atoms with Crippen LogP contribution in [0.3, 0.4) is 0 Å². The molecule has 0 radical (unpaired) electrons. The Bertz CT molecular complexity index is 658. The maximum Gasteiger partial charge on any atom is 0.407 e. The number of hydrogen-bond donors (Lipinski definition) is 1. The molecule has 1 heterocycles. The quantitative estimate of drug-likeness (QED) is 0.846. The number of alkyl carbamates (subject to hydrolysis) is 1. The molecule has 6 nitrogen and oxygen atoms in total. The highest BCUT2D eigenvalue weighted by Gasteiger charge is 2.44. The van der Waals surface area contributed by atoms with Crippen LogP contribution in [0, 0.1) is 0 Å². The number of carbonyl (C=O) groups is 3. The highest BCUT2D eigenvalue weighted by molar-refractivity contribution is 6.21. The number of amides is 3. The molecule has 1 aliphatic carbocycles. The fourth-order valence-electron chi connectivity index (χ4n) is 3.39. The molecule has 0 aromatic heterocycles. The zero-order valence-corrected chi connectivity index (χ0v) is 14.2. The van der Waals surface area contributed by atoms with E-state index in [4.69, 9.17) is 4.74 Å². The van der Waals surface area contributed by atoms with Gasteiger partial charge in [-0.25, -0.2) is 4.79 Å². The summed E-state index contributed by atoms with van der Waals surface area (Å²) in [5.74, 6) is -0.558. The third-order valence-electron chi connectivity index (χ3n) is 4.34. The summed E-state index contributed by atoms with van der Waals surface area (Å²) in [6.07, 6.45) is 1.73. The minimum Gasteiger partial charge on any atom is -0.444 e. The molecule has 2 atom stereocenters. The summed E-state index contributed by atoms with van der Waals surface area (Å²) in [4.78, 5) is 38.6. The van der Waals surface area contributed by atoms with Gasteiger partial charge in [0.25, 0.3) is 11.8 Å². The molecule has 1 saturated carbocycles. The highest BCUT2D eigenvalue weighted by atomic mass is 16.6. The van der Waals surface area contributed by atoms with E-state index in [9.17, 15) is 14.4 Å². The largest absolute Gasteiger partial charge is 0.444 e. The smallest absolute Gasteiger partial charge is 0.407 e. The van der Waals surface area contributed by atoms with E-state index >= 15 is 0 Å². The lowest BCUT2D eigenvalue weighted by atomic mass is 10.1. The maximum atomic E-state index is 12.6. The average Bonchev–Trinajstić information content (AvgIpc) is 3.01. The topological polar surface area (TPSA) is 75.7 Å². The molecule has 0 bridgehead atoms. The average molecular weight is 330 g/mol.